The number of rotatable bonds is 10. The van der Waals surface area contributed by atoms with Crippen LogP contribution in [0.25, 0.3) is 0 Å². The van der Waals surface area contributed by atoms with E-state index in [1.165, 1.54) is 4.90 Å². The number of carbonyl (C=O) groups excluding carboxylic acids is 2. The molecule has 0 fully saturated rings. The van der Waals surface area contributed by atoms with Crippen LogP contribution < -0.4 is 9.62 Å². The number of aryl methyl sites for hydroxylation is 1. The van der Waals surface area contributed by atoms with Gasteiger partial charge in [-0.2, -0.15) is 0 Å². The lowest BCUT2D eigenvalue weighted by Gasteiger charge is -2.35. The number of carbonyl (C=O) groups is 2. The summed E-state index contributed by atoms with van der Waals surface area (Å²) in [6, 6.07) is 23.1. The van der Waals surface area contributed by atoms with Crippen molar-refractivity contribution in [1.82, 2.24) is 10.2 Å². The molecule has 208 valence electrons. The smallest absolute Gasteiger partial charge is 0.244 e. The van der Waals surface area contributed by atoms with Crippen LogP contribution in [0.4, 0.5) is 5.69 Å². The Balaban J connectivity index is 2.07. The molecule has 0 saturated heterocycles. The number of hydrogen-bond donors (Lipinski definition) is 1. The van der Waals surface area contributed by atoms with E-state index in [9.17, 15) is 18.0 Å². The molecule has 0 spiro atoms. The van der Waals surface area contributed by atoms with Gasteiger partial charge in [0.15, 0.2) is 0 Å². The van der Waals surface area contributed by atoms with Crippen LogP contribution in [0.5, 0.6) is 0 Å². The highest BCUT2D eigenvalue weighted by Gasteiger charge is 2.34. The summed E-state index contributed by atoms with van der Waals surface area (Å²) in [7, 11) is -3.81. The van der Waals surface area contributed by atoms with Gasteiger partial charge in [0.25, 0.3) is 0 Å². The van der Waals surface area contributed by atoms with Gasteiger partial charge < -0.3 is 10.2 Å². The van der Waals surface area contributed by atoms with E-state index in [2.05, 4.69) is 21.2 Å². The van der Waals surface area contributed by atoms with Gasteiger partial charge in [-0.25, -0.2) is 8.42 Å². The zero-order valence-electron chi connectivity index (χ0n) is 23.0. The summed E-state index contributed by atoms with van der Waals surface area (Å²) in [6.07, 6.45) is 1.34. The minimum Gasteiger partial charge on any atom is -0.350 e. The number of hydrogen-bond acceptors (Lipinski definition) is 4. The van der Waals surface area contributed by atoms with Crippen molar-refractivity contribution in [3.8, 4) is 0 Å². The third-order valence-electron chi connectivity index (χ3n) is 6.02. The van der Waals surface area contributed by atoms with Crippen molar-refractivity contribution < 1.29 is 18.0 Å². The summed E-state index contributed by atoms with van der Waals surface area (Å²) in [4.78, 5) is 29.3. The Morgan fingerprint density at radius 3 is 2.13 bits per heavy atom. The molecule has 1 N–H and O–H groups in total. The van der Waals surface area contributed by atoms with Crippen molar-refractivity contribution in [2.45, 2.75) is 52.2 Å². The van der Waals surface area contributed by atoms with E-state index >= 15 is 0 Å². The number of sulfonamides is 1. The molecular weight excluding hydrogens is 578 g/mol. The first kappa shape index (κ1) is 30.4. The molecule has 0 aliphatic heterocycles. The molecule has 3 rings (SSSR count). The van der Waals surface area contributed by atoms with Gasteiger partial charge in [0.2, 0.25) is 21.8 Å². The van der Waals surface area contributed by atoms with Crippen LogP contribution >= 0.6 is 15.9 Å². The maximum atomic E-state index is 14.1. The van der Waals surface area contributed by atoms with Crippen LogP contribution in [-0.2, 0) is 32.6 Å². The van der Waals surface area contributed by atoms with Crippen LogP contribution in [0.3, 0.4) is 0 Å². The molecule has 0 aliphatic carbocycles. The molecule has 2 amide bonds. The fourth-order valence-electron chi connectivity index (χ4n) is 4.14. The minimum atomic E-state index is -3.81. The van der Waals surface area contributed by atoms with Gasteiger partial charge in [-0.3, -0.25) is 13.9 Å². The summed E-state index contributed by atoms with van der Waals surface area (Å²) >= 11 is 3.38. The van der Waals surface area contributed by atoms with Crippen molar-refractivity contribution in [1.29, 1.82) is 0 Å². The Morgan fingerprint density at radius 1 is 0.923 bits per heavy atom. The van der Waals surface area contributed by atoms with Gasteiger partial charge >= 0.3 is 0 Å². The third kappa shape index (κ3) is 9.21. The van der Waals surface area contributed by atoms with Gasteiger partial charge in [-0.05, 0) is 57.0 Å². The maximum absolute atomic E-state index is 14.1. The number of anilines is 1. The molecule has 1 unspecified atom stereocenters. The second-order valence-corrected chi connectivity index (χ2v) is 13.5. The van der Waals surface area contributed by atoms with Crippen molar-refractivity contribution in [3.05, 3.63) is 100 Å². The van der Waals surface area contributed by atoms with Gasteiger partial charge in [0.05, 0.1) is 11.9 Å². The van der Waals surface area contributed by atoms with Crippen molar-refractivity contribution in [2.75, 3.05) is 17.1 Å². The average molecular weight is 615 g/mol. The van der Waals surface area contributed by atoms with E-state index < -0.39 is 34.1 Å². The molecule has 1 atom stereocenters. The molecule has 7 nitrogen and oxygen atoms in total. The largest absolute Gasteiger partial charge is 0.350 e. The Labute approximate surface area is 240 Å². The predicted molar refractivity (Wildman–Crippen MR) is 160 cm³/mol. The Hall–Kier alpha value is -3.17. The summed E-state index contributed by atoms with van der Waals surface area (Å²) in [6.45, 7) is 7.32. The summed E-state index contributed by atoms with van der Waals surface area (Å²) < 4.78 is 27.4. The van der Waals surface area contributed by atoms with E-state index in [0.29, 0.717) is 10.2 Å². The van der Waals surface area contributed by atoms with Gasteiger partial charge in [0, 0.05) is 23.0 Å². The highest BCUT2D eigenvalue weighted by molar-refractivity contribution is 9.10. The second kappa shape index (κ2) is 12.8. The van der Waals surface area contributed by atoms with E-state index in [1.807, 2.05) is 82.3 Å². The van der Waals surface area contributed by atoms with Gasteiger partial charge in [0.1, 0.15) is 12.6 Å². The predicted octanol–water partition coefficient (Wildman–Crippen LogP) is 5.08. The van der Waals surface area contributed by atoms with E-state index in [0.717, 1.165) is 27.3 Å². The SMILES string of the molecule is Cc1ccc(CN(C(=O)CN(c2cccc(Br)c2)S(C)(=O)=O)C(Cc2ccccc2)C(=O)NC(C)(C)C)cc1. The Morgan fingerprint density at radius 2 is 1.56 bits per heavy atom. The van der Waals surface area contributed by atoms with Gasteiger partial charge in [-0.1, -0.05) is 82.2 Å². The average Bonchev–Trinajstić information content (AvgIpc) is 2.84. The first-order chi connectivity index (χ1) is 18.2. The Bertz CT molecular complexity index is 1390. The molecule has 0 bridgehead atoms. The van der Waals surface area contributed by atoms with Crippen LogP contribution in [0.15, 0.2) is 83.3 Å². The first-order valence-electron chi connectivity index (χ1n) is 12.7. The molecule has 0 radical (unpaired) electrons. The van der Waals surface area contributed by atoms with Crippen molar-refractivity contribution in [2.24, 2.45) is 0 Å². The van der Waals surface area contributed by atoms with Gasteiger partial charge in [-0.15, -0.1) is 0 Å². The molecule has 9 heteroatoms. The highest BCUT2D eigenvalue weighted by atomic mass is 79.9. The number of nitrogens with one attached hydrogen (secondary N) is 1. The lowest BCUT2D eigenvalue weighted by molar-refractivity contribution is -0.140. The fraction of sp³-hybridized carbons (Fsp3) is 0.333. The van der Waals surface area contributed by atoms with E-state index in [-0.39, 0.29) is 18.9 Å². The second-order valence-electron chi connectivity index (χ2n) is 10.7. The van der Waals surface area contributed by atoms with Crippen molar-refractivity contribution in [3.63, 3.8) is 0 Å². The molecule has 39 heavy (non-hydrogen) atoms. The first-order valence-corrected chi connectivity index (χ1v) is 15.3. The number of nitrogens with zero attached hydrogens (tertiary/aromatic N) is 2. The maximum Gasteiger partial charge on any atom is 0.244 e. The summed E-state index contributed by atoms with van der Waals surface area (Å²) in [5.74, 6) is -0.786. The Kier molecular flexibility index (Phi) is 9.96. The van der Waals surface area contributed by atoms with Crippen LogP contribution in [0, 0.1) is 6.92 Å². The molecule has 3 aromatic carbocycles. The molecule has 0 aromatic heterocycles. The summed E-state index contributed by atoms with van der Waals surface area (Å²) in [5, 5.41) is 3.02. The molecule has 3 aromatic rings. The summed E-state index contributed by atoms with van der Waals surface area (Å²) in [5.41, 5.74) is 2.62. The normalized spacial score (nSPS) is 12.5. The zero-order chi connectivity index (χ0) is 28.8. The topological polar surface area (TPSA) is 86.8 Å². The van der Waals surface area contributed by atoms with Crippen LogP contribution in [0.1, 0.15) is 37.5 Å². The standard InChI is InChI=1S/C30H36BrN3O4S/c1-22-14-16-24(17-15-22)20-33(27(29(36)32-30(2,3)4)18-23-10-7-6-8-11-23)28(35)21-34(39(5,37)38)26-13-9-12-25(31)19-26/h6-17,19,27H,18,20-21H2,1-5H3,(H,32,36). The number of amides is 2. The number of halogens is 1. The molecule has 0 heterocycles. The fourth-order valence-corrected chi connectivity index (χ4v) is 5.37. The quantitative estimate of drug-likeness (QED) is 0.345. The third-order valence-corrected chi connectivity index (χ3v) is 7.65. The molecular formula is C30H36BrN3O4S. The van der Waals surface area contributed by atoms with Crippen molar-refractivity contribution >= 4 is 43.5 Å². The highest BCUT2D eigenvalue weighted by Crippen LogP contribution is 2.23. The van der Waals surface area contributed by atoms with E-state index in [4.69, 9.17) is 0 Å². The minimum absolute atomic E-state index is 0.143. The van der Waals surface area contributed by atoms with E-state index in [1.54, 1.807) is 24.3 Å². The molecule has 0 saturated carbocycles. The van der Waals surface area contributed by atoms with Crippen LogP contribution in [-0.4, -0.2) is 49.5 Å². The number of benzene rings is 3. The lowest BCUT2D eigenvalue weighted by Crippen LogP contribution is -2.56. The molecule has 0 aliphatic rings. The lowest BCUT2D eigenvalue weighted by atomic mass is 10.0. The zero-order valence-corrected chi connectivity index (χ0v) is 25.4. The van der Waals surface area contributed by atoms with Crippen LogP contribution in [0.2, 0.25) is 0 Å². The monoisotopic (exact) mass is 613 g/mol.